The third-order valence-corrected chi connectivity index (χ3v) is 2.39. The molecule has 0 radical (unpaired) electrons. The van der Waals surface area contributed by atoms with Crippen molar-refractivity contribution in [3.63, 3.8) is 0 Å². The summed E-state index contributed by atoms with van der Waals surface area (Å²) < 4.78 is 5.11. The van der Waals surface area contributed by atoms with Gasteiger partial charge in [-0.05, 0) is 32.0 Å². The van der Waals surface area contributed by atoms with Gasteiger partial charge in [-0.25, -0.2) is 0 Å². The molecule has 1 aromatic carbocycles. The van der Waals surface area contributed by atoms with E-state index in [1.165, 1.54) is 0 Å². The Balaban J connectivity index is 2.84. The van der Waals surface area contributed by atoms with Crippen LogP contribution in [0, 0.1) is 11.3 Å². The van der Waals surface area contributed by atoms with E-state index >= 15 is 0 Å². The second-order valence-corrected chi connectivity index (χ2v) is 4.66. The maximum absolute atomic E-state index is 8.75. The summed E-state index contributed by atoms with van der Waals surface area (Å²) in [5.74, 6) is 0. The number of nitrogens with one attached hydrogen (secondary N) is 1. The van der Waals surface area contributed by atoms with Crippen LogP contribution < -0.4 is 5.32 Å². The van der Waals surface area contributed by atoms with E-state index in [0.29, 0.717) is 17.2 Å². The summed E-state index contributed by atoms with van der Waals surface area (Å²) in [6, 6.07) is 7.31. The van der Waals surface area contributed by atoms with Crippen LogP contribution in [-0.2, 0) is 4.74 Å². The van der Waals surface area contributed by atoms with Crippen LogP contribution in [0.3, 0.4) is 0 Å². The van der Waals surface area contributed by atoms with Crippen molar-refractivity contribution >= 4 is 17.3 Å². The topological polar surface area (TPSA) is 45.0 Å². The number of ether oxygens (including phenoxy) is 1. The summed E-state index contributed by atoms with van der Waals surface area (Å²) in [5, 5.41) is 12.5. The van der Waals surface area contributed by atoms with E-state index in [4.69, 9.17) is 21.6 Å². The van der Waals surface area contributed by atoms with Gasteiger partial charge >= 0.3 is 0 Å². The highest BCUT2D eigenvalue weighted by molar-refractivity contribution is 6.32. The van der Waals surface area contributed by atoms with Crippen molar-refractivity contribution in [1.82, 2.24) is 0 Å². The van der Waals surface area contributed by atoms with E-state index in [-0.39, 0.29) is 5.54 Å². The van der Waals surface area contributed by atoms with Crippen molar-refractivity contribution in [3.8, 4) is 6.07 Å². The minimum absolute atomic E-state index is 0.174. The summed E-state index contributed by atoms with van der Waals surface area (Å²) >= 11 is 5.94. The zero-order chi connectivity index (χ0) is 12.2. The molecule has 0 aliphatic carbocycles. The van der Waals surface area contributed by atoms with Crippen LogP contribution in [0.1, 0.15) is 19.4 Å². The number of nitriles is 1. The molecule has 1 rings (SSSR count). The minimum atomic E-state index is -0.174. The molecule has 0 bridgehead atoms. The van der Waals surface area contributed by atoms with Gasteiger partial charge in [-0.2, -0.15) is 5.26 Å². The Kier molecular flexibility index (Phi) is 4.17. The lowest BCUT2D eigenvalue weighted by Crippen LogP contribution is -2.35. The molecule has 1 aromatic rings. The molecule has 0 heterocycles. The van der Waals surface area contributed by atoms with E-state index in [1.54, 1.807) is 19.2 Å². The summed E-state index contributed by atoms with van der Waals surface area (Å²) in [6.45, 7) is 4.65. The van der Waals surface area contributed by atoms with Gasteiger partial charge in [0.2, 0.25) is 0 Å². The van der Waals surface area contributed by atoms with Gasteiger partial charge < -0.3 is 10.1 Å². The van der Waals surface area contributed by atoms with E-state index in [9.17, 15) is 0 Å². The zero-order valence-corrected chi connectivity index (χ0v) is 10.4. The van der Waals surface area contributed by atoms with Gasteiger partial charge in [0.15, 0.2) is 0 Å². The third-order valence-electron chi connectivity index (χ3n) is 2.08. The fourth-order valence-corrected chi connectivity index (χ4v) is 1.69. The first kappa shape index (κ1) is 12.8. The number of anilines is 1. The van der Waals surface area contributed by atoms with Crippen molar-refractivity contribution in [3.05, 3.63) is 28.8 Å². The van der Waals surface area contributed by atoms with Gasteiger partial charge in [0, 0.05) is 12.8 Å². The Morgan fingerprint density at radius 3 is 2.69 bits per heavy atom. The van der Waals surface area contributed by atoms with Gasteiger partial charge in [0.05, 0.1) is 22.7 Å². The first-order chi connectivity index (χ1) is 7.48. The van der Waals surface area contributed by atoms with Crippen LogP contribution in [0.2, 0.25) is 5.02 Å². The van der Waals surface area contributed by atoms with Crippen molar-refractivity contribution < 1.29 is 4.74 Å². The van der Waals surface area contributed by atoms with Crippen molar-refractivity contribution in [2.24, 2.45) is 0 Å². The third kappa shape index (κ3) is 3.41. The van der Waals surface area contributed by atoms with Crippen LogP contribution in [-0.4, -0.2) is 19.3 Å². The Bertz CT molecular complexity index is 410. The van der Waals surface area contributed by atoms with E-state index in [1.807, 2.05) is 26.0 Å². The quantitative estimate of drug-likeness (QED) is 0.877. The summed E-state index contributed by atoms with van der Waals surface area (Å²) in [5.41, 5.74) is 1.19. The largest absolute Gasteiger partial charge is 0.382 e. The van der Waals surface area contributed by atoms with E-state index in [2.05, 4.69) is 5.32 Å². The number of halogens is 1. The van der Waals surface area contributed by atoms with Gasteiger partial charge in [0.25, 0.3) is 0 Å². The zero-order valence-electron chi connectivity index (χ0n) is 9.67. The number of nitrogens with zero attached hydrogens (tertiary/aromatic N) is 1. The fourth-order valence-electron chi connectivity index (χ4n) is 1.47. The maximum atomic E-state index is 8.75. The maximum Gasteiger partial charge on any atom is 0.101 e. The van der Waals surface area contributed by atoms with Gasteiger partial charge in [-0.3, -0.25) is 0 Å². The Morgan fingerprint density at radius 1 is 1.50 bits per heavy atom. The highest BCUT2D eigenvalue weighted by Crippen LogP contribution is 2.22. The summed E-state index contributed by atoms with van der Waals surface area (Å²) in [4.78, 5) is 0. The van der Waals surface area contributed by atoms with Crippen LogP contribution in [0.4, 0.5) is 5.69 Å². The number of methoxy groups -OCH3 is 1. The molecular formula is C12H15ClN2O. The Labute approximate surface area is 101 Å². The normalized spacial score (nSPS) is 10.9. The molecule has 3 nitrogen and oxygen atoms in total. The highest BCUT2D eigenvalue weighted by atomic mass is 35.5. The molecule has 0 amide bonds. The molecule has 4 heteroatoms. The van der Waals surface area contributed by atoms with Crippen molar-refractivity contribution in [1.29, 1.82) is 5.26 Å². The first-order valence-electron chi connectivity index (χ1n) is 4.95. The molecule has 0 unspecified atom stereocenters. The van der Waals surface area contributed by atoms with E-state index < -0.39 is 0 Å². The average molecular weight is 239 g/mol. The molecule has 0 saturated heterocycles. The van der Waals surface area contributed by atoms with Crippen molar-refractivity contribution in [2.45, 2.75) is 19.4 Å². The van der Waals surface area contributed by atoms with Gasteiger partial charge in [-0.1, -0.05) is 11.6 Å². The number of benzene rings is 1. The van der Waals surface area contributed by atoms with Crippen molar-refractivity contribution in [2.75, 3.05) is 19.0 Å². The smallest absolute Gasteiger partial charge is 0.101 e. The second-order valence-electron chi connectivity index (χ2n) is 4.25. The SMILES string of the molecule is COCC(C)(C)Nc1ccc(C#N)c(Cl)c1. The monoisotopic (exact) mass is 238 g/mol. The van der Waals surface area contributed by atoms with E-state index in [0.717, 1.165) is 5.69 Å². The molecular weight excluding hydrogens is 224 g/mol. The molecule has 86 valence electrons. The molecule has 0 aromatic heterocycles. The lowest BCUT2D eigenvalue weighted by molar-refractivity contribution is 0.158. The summed E-state index contributed by atoms with van der Waals surface area (Å²) in [6.07, 6.45) is 0. The standard InChI is InChI=1S/C12H15ClN2O/c1-12(2,8-16-3)15-10-5-4-9(7-14)11(13)6-10/h4-6,15H,8H2,1-3H3. The Hall–Kier alpha value is -1.24. The van der Waals surface area contributed by atoms with Crippen LogP contribution in [0.5, 0.6) is 0 Å². The number of hydrogen-bond donors (Lipinski definition) is 1. The first-order valence-corrected chi connectivity index (χ1v) is 5.33. The molecule has 0 aliphatic heterocycles. The molecule has 0 aliphatic rings. The lowest BCUT2D eigenvalue weighted by atomic mass is 10.1. The molecule has 16 heavy (non-hydrogen) atoms. The average Bonchev–Trinajstić information content (AvgIpc) is 2.17. The number of hydrogen-bond acceptors (Lipinski definition) is 3. The molecule has 1 N–H and O–H groups in total. The fraction of sp³-hybridized carbons (Fsp3) is 0.417. The minimum Gasteiger partial charge on any atom is -0.382 e. The molecule has 0 spiro atoms. The summed E-state index contributed by atoms with van der Waals surface area (Å²) in [7, 11) is 1.66. The van der Waals surface area contributed by atoms with Crippen LogP contribution >= 0.6 is 11.6 Å². The number of rotatable bonds is 4. The predicted octanol–water partition coefficient (Wildman–Crippen LogP) is 3.05. The van der Waals surface area contributed by atoms with Gasteiger partial charge in [0.1, 0.15) is 6.07 Å². The van der Waals surface area contributed by atoms with Crippen LogP contribution in [0.15, 0.2) is 18.2 Å². The highest BCUT2D eigenvalue weighted by Gasteiger charge is 2.17. The predicted molar refractivity (Wildman–Crippen MR) is 65.7 cm³/mol. The molecule has 0 atom stereocenters. The lowest BCUT2D eigenvalue weighted by Gasteiger charge is -2.26. The Morgan fingerprint density at radius 2 is 2.19 bits per heavy atom. The van der Waals surface area contributed by atoms with Crippen LogP contribution in [0.25, 0.3) is 0 Å². The molecule has 0 saturated carbocycles. The van der Waals surface area contributed by atoms with Gasteiger partial charge in [-0.15, -0.1) is 0 Å². The molecule has 0 fully saturated rings. The second kappa shape index (κ2) is 5.20.